The Bertz CT molecular complexity index is 803. The van der Waals surface area contributed by atoms with Crippen LogP contribution in [0.5, 0.6) is 11.5 Å². The molecule has 1 aliphatic heterocycles. The van der Waals surface area contributed by atoms with E-state index in [4.69, 9.17) is 4.74 Å². The van der Waals surface area contributed by atoms with Crippen LogP contribution in [0.25, 0.3) is 0 Å². The quantitative estimate of drug-likeness (QED) is 0.523. The number of benzene rings is 2. The number of ketones is 1. The molecule has 2 aromatic carbocycles. The third-order valence-corrected chi connectivity index (χ3v) is 4.50. The van der Waals surface area contributed by atoms with Gasteiger partial charge < -0.3 is 9.84 Å². The minimum absolute atomic E-state index is 0.0922. The highest BCUT2D eigenvalue weighted by atomic mass is 16.5. The summed E-state index contributed by atoms with van der Waals surface area (Å²) < 4.78 is 5.25. The zero-order valence-electron chi connectivity index (χ0n) is 14.0. The van der Waals surface area contributed by atoms with E-state index in [1.165, 1.54) is 18.6 Å². The van der Waals surface area contributed by atoms with Gasteiger partial charge in [0.05, 0.1) is 12.0 Å². The van der Waals surface area contributed by atoms with Crippen LogP contribution in [0.1, 0.15) is 66.1 Å². The van der Waals surface area contributed by atoms with Crippen molar-refractivity contribution < 1.29 is 19.4 Å². The molecule has 0 saturated heterocycles. The number of esters is 1. The van der Waals surface area contributed by atoms with Crippen LogP contribution in [0.4, 0.5) is 0 Å². The van der Waals surface area contributed by atoms with Crippen LogP contribution in [0, 0.1) is 0 Å². The SMILES string of the molecule is CC(=O)c1ccc2c(c1O)[C@H](c1ccc(C(C)C)cc1)CC(=O)O2. The smallest absolute Gasteiger partial charge is 0.312 e. The number of Topliss-reactive ketones (excluding diaryl/α,β-unsaturated/α-hetero) is 1. The van der Waals surface area contributed by atoms with E-state index in [-0.39, 0.29) is 35.4 Å². The number of aromatic hydroxyl groups is 1. The number of phenols is 1. The molecule has 4 heteroatoms. The normalized spacial score (nSPS) is 16.7. The highest BCUT2D eigenvalue weighted by Gasteiger charge is 2.32. The molecule has 0 spiro atoms. The summed E-state index contributed by atoms with van der Waals surface area (Å²) in [5.74, 6) is -0.226. The maximum Gasteiger partial charge on any atom is 0.312 e. The maximum absolute atomic E-state index is 11.9. The molecule has 24 heavy (non-hydrogen) atoms. The molecule has 4 nitrogen and oxygen atoms in total. The van der Waals surface area contributed by atoms with Gasteiger partial charge in [-0.3, -0.25) is 9.59 Å². The average Bonchev–Trinajstić information content (AvgIpc) is 2.54. The number of ether oxygens (including phenoxy) is 1. The van der Waals surface area contributed by atoms with Gasteiger partial charge in [-0.05, 0) is 36.1 Å². The largest absolute Gasteiger partial charge is 0.507 e. The van der Waals surface area contributed by atoms with Gasteiger partial charge in [0.1, 0.15) is 11.5 Å². The van der Waals surface area contributed by atoms with Gasteiger partial charge in [-0.2, -0.15) is 0 Å². The second kappa shape index (κ2) is 6.11. The fraction of sp³-hybridized carbons (Fsp3) is 0.300. The summed E-state index contributed by atoms with van der Waals surface area (Å²) in [6, 6.07) is 11.1. The third-order valence-electron chi connectivity index (χ3n) is 4.50. The first-order valence-corrected chi connectivity index (χ1v) is 8.05. The Morgan fingerprint density at radius 3 is 2.42 bits per heavy atom. The number of rotatable bonds is 3. The van der Waals surface area contributed by atoms with Gasteiger partial charge in [0.15, 0.2) is 5.78 Å². The molecule has 0 radical (unpaired) electrons. The Labute approximate surface area is 141 Å². The molecule has 2 aromatic rings. The van der Waals surface area contributed by atoms with Crippen molar-refractivity contribution in [1.29, 1.82) is 0 Å². The topological polar surface area (TPSA) is 63.6 Å². The summed E-state index contributed by atoms with van der Waals surface area (Å²) in [5, 5.41) is 10.6. The molecular formula is C20H20O4. The van der Waals surface area contributed by atoms with E-state index >= 15 is 0 Å². The van der Waals surface area contributed by atoms with Crippen LogP contribution >= 0.6 is 0 Å². The first kappa shape index (κ1) is 16.2. The zero-order valence-corrected chi connectivity index (χ0v) is 14.0. The van der Waals surface area contributed by atoms with Crippen LogP contribution in [-0.4, -0.2) is 16.9 Å². The van der Waals surface area contributed by atoms with Crippen molar-refractivity contribution in [2.75, 3.05) is 0 Å². The molecule has 0 aromatic heterocycles. The Morgan fingerprint density at radius 1 is 1.17 bits per heavy atom. The highest BCUT2D eigenvalue weighted by molar-refractivity contribution is 5.98. The predicted molar refractivity (Wildman–Crippen MR) is 90.7 cm³/mol. The lowest BCUT2D eigenvalue weighted by Crippen LogP contribution is -2.21. The van der Waals surface area contributed by atoms with Crippen molar-refractivity contribution in [2.45, 2.75) is 39.0 Å². The van der Waals surface area contributed by atoms with Crippen molar-refractivity contribution in [3.8, 4) is 11.5 Å². The summed E-state index contributed by atoms with van der Waals surface area (Å²) in [5.41, 5.74) is 2.89. The lowest BCUT2D eigenvalue weighted by Gasteiger charge is -2.26. The Kier molecular flexibility index (Phi) is 4.14. The second-order valence-electron chi connectivity index (χ2n) is 6.48. The lowest BCUT2D eigenvalue weighted by molar-refractivity contribution is -0.135. The fourth-order valence-corrected chi connectivity index (χ4v) is 3.13. The van der Waals surface area contributed by atoms with Crippen LogP contribution in [0.3, 0.4) is 0 Å². The predicted octanol–water partition coefficient (Wildman–Crippen LogP) is 4.16. The van der Waals surface area contributed by atoms with Crippen LogP contribution in [0.2, 0.25) is 0 Å². The van der Waals surface area contributed by atoms with Gasteiger partial charge in [0, 0.05) is 11.5 Å². The van der Waals surface area contributed by atoms with Crippen LogP contribution < -0.4 is 4.74 Å². The van der Waals surface area contributed by atoms with E-state index in [1.54, 1.807) is 6.07 Å². The molecule has 1 heterocycles. The first-order chi connectivity index (χ1) is 11.4. The summed E-state index contributed by atoms with van der Waals surface area (Å²) in [4.78, 5) is 23.7. The standard InChI is InChI=1S/C20H20O4/c1-11(2)13-4-6-14(7-5-13)16-10-18(22)24-17-9-8-15(12(3)21)20(23)19(16)17/h4-9,11,16,23H,10H2,1-3H3/t16-/m0/s1. The van der Waals surface area contributed by atoms with Crippen molar-refractivity contribution in [2.24, 2.45) is 0 Å². The summed E-state index contributed by atoms with van der Waals surface area (Å²) >= 11 is 0. The Balaban J connectivity index is 2.12. The minimum Gasteiger partial charge on any atom is -0.507 e. The summed E-state index contributed by atoms with van der Waals surface area (Å²) in [6.07, 6.45) is 0.142. The Hall–Kier alpha value is -2.62. The van der Waals surface area contributed by atoms with E-state index in [9.17, 15) is 14.7 Å². The zero-order chi connectivity index (χ0) is 17.4. The van der Waals surface area contributed by atoms with Gasteiger partial charge in [-0.1, -0.05) is 38.1 Å². The van der Waals surface area contributed by atoms with Gasteiger partial charge in [0.25, 0.3) is 0 Å². The van der Waals surface area contributed by atoms with Crippen molar-refractivity contribution in [3.63, 3.8) is 0 Å². The lowest BCUT2D eigenvalue weighted by atomic mass is 9.83. The van der Waals surface area contributed by atoms with E-state index in [0.717, 1.165) is 5.56 Å². The number of hydrogen-bond acceptors (Lipinski definition) is 4. The molecule has 0 fully saturated rings. The molecule has 0 bridgehead atoms. The fourth-order valence-electron chi connectivity index (χ4n) is 3.13. The summed E-state index contributed by atoms with van der Waals surface area (Å²) in [7, 11) is 0. The molecule has 0 saturated carbocycles. The number of fused-ring (bicyclic) bond motifs is 1. The summed E-state index contributed by atoms with van der Waals surface area (Å²) in [6.45, 7) is 5.64. The molecular weight excluding hydrogens is 304 g/mol. The van der Waals surface area contributed by atoms with Crippen LogP contribution in [-0.2, 0) is 4.79 Å². The second-order valence-corrected chi connectivity index (χ2v) is 6.48. The number of phenolic OH excluding ortho intramolecular Hbond substituents is 1. The molecule has 1 N–H and O–H groups in total. The molecule has 124 valence electrons. The maximum atomic E-state index is 11.9. The number of carbonyl (C=O) groups excluding carboxylic acids is 2. The van der Waals surface area contributed by atoms with Crippen molar-refractivity contribution in [3.05, 3.63) is 58.7 Å². The molecule has 0 unspecified atom stereocenters. The highest BCUT2D eigenvalue weighted by Crippen LogP contribution is 2.45. The molecule has 1 atom stereocenters. The Morgan fingerprint density at radius 2 is 1.83 bits per heavy atom. The van der Waals surface area contributed by atoms with Gasteiger partial charge in [0.2, 0.25) is 0 Å². The van der Waals surface area contributed by atoms with Gasteiger partial charge in [-0.15, -0.1) is 0 Å². The molecule has 1 aliphatic rings. The van der Waals surface area contributed by atoms with E-state index in [0.29, 0.717) is 17.2 Å². The van der Waals surface area contributed by atoms with E-state index in [2.05, 4.69) is 13.8 Å². The first-order valence-electron chi connectivity index (χ1n) is 8.05. The molecule has 0 aliphatic carbocycles. The third kappa shape index (κ3) is 2.80. The van der Waals surface area contributed by atoms with Crippen molar-refractivity contribution >= 4 is 11.8 Å². The molecule has 3 rings (SSSR count). The van der Waals surface area contributed by atoms with Gasteiger partial charge >= 0.3 is 5.97 Å². The average molecular weight is 324 g/mol. The van der Waals surface area contributed by atoms with Crippen molar-refractivity contribution in [1.82, 2.24) is 0 Å². The number of hydrogen-bond donors (Lipinski definition) is 1. The molecule has 0 amide bonds. The van der Waals surface area contributed by atoms with Gasteiger partial charge in [-0.25, -0.2) is 0 Å². The minimum atomic E-state index is -0.338. The van der Waals surface area contributed by atoms with Crippen LogP contribution in [0.15, 0.2) is 36.4 Å². The number of carbonyl (C=O) groups is 2. The van der Waals surface area contributed by atoms with E-state index in [1.807, 2.05) is 24.3 Å². The van der Waals surface area contributed by atoms with E-state index < -0.39 is 0 Å². The monoisotopic (exact) mass is 324 g/mol.